The van der Waals surface area contributed by atoms with Gasteiger partial charge in [0, 0.05) is 45.0 Å². The fraction of sp³-hybridized carbons (Fsp3) is 0.588. The summed E-state index contributed by atoms with van der Waals surface area (Å²) in [6.45, 7) is 5.06. The number of benzene rings is 1. The minimum Gasteiger partial charge on any atom is -0.369 e. The van der Waals surface area contributed by atoms with Crippen molar-refractivity contribution in [2.24, 2.45) is 5.73 Å². The van der Waals surface area contributed by atoms with Crippen LogP contribution in [0.15, 0.2) is 18.2 Å². The SMILES string of the molecule is CN1CCN(c2ccc(C(N)=O)c(N3CCCC(F)C3)c2)CC1. The van der Waals surface area contributed by atoms with E-state index in [0.29, 0.717) is 18.5 Å². The van der Waals surface area contributed by atoms with E-state index in [1.807, 2.05) is 17.0 Å². The summed E-state index contributed by atoms with van der Waals surface area (Å²) >= 11 is 0. The molecule has 2 aliphatic rings. The van der Waals surface area contributed by atoms with Gasteiger partial charge in [-0.05, 0) is 38.1 Å². The highest BCUT2D eigenvalue weighted by Gasteiger charge is 2.24. The van der Waals surface area contributed by atoms with Crippen molar-refractivity contribution in [3.63, 3.8) is 0 Å². The molecule has 3 rings (SSSR count). The van der Waals surface area contributed by atoms with E-state index in [4.69, 9.17) is 5.73 Å². The number of likely N-dealkylation sites (N-methyl/N-ethyl adjacent to an activating group) is 1. The molecule has 0 saturated carbocycles. The summed E-state index contributed by atoms with van der Waals surface area (Å²) in [6.07, 6.45) is 0.565. The first kappa shape index (κ1) is 16.1. The predicted octanol–water partition coefficient (Wildman–Crippen LogP) is 1.48. The number of carbonyl (C=O) groups is 1. The Labute approximate surface area is 136 Å². The Morgan fingerprint density at radius 1 is 1.17 bits per heavy atom. The van der Waals surface area contributed by atoms with Gasteiger partial charge in [0.1, 0.15) is 6.17 Å². The number of hydrogen-bond acceptors (Lipinski definition) is 4. The van der Waals surface area contributed by atoms with Gasteiger partial charge in [-0.15, -0.1) is 0 Å². The van der Waals surface area contributed by atoms with Crippen molar-refractivity contribution in [3.8, 4) is 0 Å². The largest absolute Gasteiger partial charge is 0.369 e. The van der Waals surface area contributed by atoms with Crippen LogP contribution in [-0.2, 0) is 0 Å². The summed E-state index contributed by atoms with van der Waals surface area (Å²) in [4.78, 5) is 18.3. The molecule has 126 valence electrons. The van der Waals surface area contributed by atoms with Gasteiger partial charge >= 0.3 is 0 Å². The highest BCUT2D eigenvalue weighted by molar-refractivity contribution is 5.99. The van der Waals surface area contributed by atoms with Gasteiger partial charge in [-0.2, -0.15) is 0 Å². The quantitative estimate of drug-likeness (QED) is 0.916. The molecule has 1 aromatic rings. The Morgan fingerprint density at radius 3 is 2.57 bits per heavy atom. The molecule has 1 atom stereocenters. The molecule has 0 bridgehead atoms. The Balaban J connectivity index is 1.88. The lowest BCUT2D eigenvalue weighted by Crippen LogP contribution is -2.44. The molecule has 0 aromatic heterocycles. The van der Waals surface area contributed by atoms with Crippen LogP contribution in [-0.4, -0.2) is 63.3 Å². The van der Waals surface area contributed by atoms with Crippen molar-refractivity contribution < 1.29 is 9.18 Å². The number of primary amides is 1. The average molecular weight is 320 g/mol. The molecule has 2 aliphatic heterocycles. The topological polar surface area (TPSA) is 52.8 Å². The van der Waals surface area contributed by atoms with Crippen molar-refractivity contribution >= 4 is 17.3 Å². The van der Waals surface area contributed by atoms with Crippen LogP contribution in [0.2, 0.25) is 0 Å². The standard InChI is InChI=1S/C17H25FN4O/c1-20-7-9-21(10-8-20)14-4-5-15(17(19)23)16(11-14)22-6-2-3-13(18)12-22/h4-5,11,13H,2-3,6-10,12H2,1H3,(H2,19,23). The maximum absolute atomic E-state index is 13.8. The van der Waals surface area contributed by atoms with Gasteiger partial charge in [-0.3, -0.25) is 4.79 Å². The Kier molecular flexibility index (Phi) is 4.71. The van der Waals surface area contributed by atoms with E-state index < -0.39 is 12.1 Å². The van der Waals surface area contributed by atoms with E-state index in [1.165, 1.54) is 0 Å². The summed E-state index contributed by atoms with van der Waals surface area (Å²) in [7, 11) is 2.12. The van der Waals surface area contributed by atoms with E-state index in [1.54, 1.807) is 6.07 Å². The van der Waals surface area contributed by atoms with Crippen LogP contribution in [0.1, 0.15) is 23.2 Å². The van der Waals surface area contributed by atoms with Gasteiger partial charge < -0.3 is 20.4 Å². The third-order valence-corrected chi connectivity index (χ3v) is 4.82. The lowest BCUT2D eigenvalue weighted by atomic mass is 10.0. The van der Waals surface area contributed by atoms with Crippen molar-refractivity contribution in [2.75, 3.05) is 56.1 Å². The van der Waals surface area contributed by atoms with Gasteiger partial charge in [0.15, 0.2) is 0 Å². The monoisotopic (exact) mass is 320 g/mol. The van der Waals surface area contributed by atoms with Gasteiger partial charge in [0.25, 0.3) is 5.91 Å². The third-order valence-electron chi connectivity index (χ3n) is 4.82. The predicted molar refractivity (Wildman–Crippen MR) is 91.0 cm³/mol. The molecule has 1 amide bonds. The highest BCUT2D eigenvalue weighted by atomic mass is 19.1. The van der Waals surface area contributed by atoms with Gasteiger partial charge in [0.05, 0.1) is 11.3 Å². The zero-order valence-electron chi connectivity index (χ0n) is 13.7. The molecule has 2 N–H and O–H groups in total. The molecule has 1 unspecified atom stereocenters. The number of carbonyl (C=O) groups excluding carboxylic acids is 1. The van der Waals surface area contributed by atoms with Crippen LogP contribution in [0.4, 0.5) is 15.8 Å². The number of anilines is 2. The van der Waals surface area contributed by atoms with Crippen molar-refractivity contribution in [2.45, 2.75) is 19.0 Å². The number of halogens is 1. The second-order valence-corrected chi connectivity index (χ2v) is 6.54. The number of nitrogens with two attached hydrogens (primary N) is 1. The Bertz CT molecular complexity index is 572. The first-order valence-electron chi connectivity index (χ1n) is 8.31. The van der Waals surface area contributed by atoms with Crippen LogP contribution >= 0.6 is 0 Å². The lowest BCUT2D eigenvalue weighted by Gasteiger charge is -2.36. The summed E-state index contributed by atoms with van der Waals surface area (Å²) in [5, 5.41) is 0. The molecule has 0 aliphatic carbocycles. The first-order chi connectivity index (χ1) is 11.0. The highest BCUT2D eigenvalue weighted by Crippen LogP contribution is 2.30. The van der Waals surface area contributed by atoms with Gasteiger partial charge in [-0.25, -0.2) is 4.39 Å². The molecule has 0 radical (unpaired) electrons. The fourth-order valence-electron chi connectivity index (χ4n) is 3.40. The molecule has 0 spiro atoms. The lowest BCUT2D eigenvalue weighted by molar-refractivity contribution is 0.100. The van der Waals surface area contributed by atoms with Gasteiger partial charge in [0.2, 0.25) is 0 Å². The molecule has 23 heavy (non-hydrogen) atoms. The summed E-state index contributed by atoms with van der Waals surface area (Å²) in [5.74, 6) is -0.453. The second kappa shape index (κ2) is 6.74. The van der Waals surface area contributed by atoms with E-state index >= 15 is 0 Å². The summed E-state index contributed by atoms with van der Waals surface area (Å²) < 4.78 is 13.8. The van der Waals surface area contributed by atoms with Crippen LogP contribution < -0.4 is 15.5 Å². The molecule has 5 nitrogen and oxygen atoms in total. The van der Waals surface area contributed by atoms with E-state index in [9.17, 15) is 9.18 Å². The number of alkyl halides is 1. The number of piperidine rings is 1. The number of hydrogen-bond donors (Lipinski definition) is 1. The fourth-order valence-corrected chi connectivity index (χ4v) is 3.40. The van der Waals surface area contributed by atoms with E-state index in [-0.39, 0.29) is 0 Å². The van der Waals surface area contributed by atoms with E-state index in [0.717, 1.165) is 50.5 Å². The molecular formula is C17H25FN4O. The Morgan fingerprint density at radius 2 is 1.91 bits per heavy atom. The Hall–Kier alpha value is -1.82. The third kappa shape index (κ3) is 3.58. The number of piperazine rings is 1. The smallest absolute Gasteiger partial charge is 0.250 e. The van der Waals surface area contributed by atoms with Crippen molar-refractivity contribution in [1.29, 1.82) is 0 Å². The molecular weight excluding hydrogens is 295 g/mol. The van der Waals surface area contributed by atoms with Crippen LogP contribution in [0.25, 0.3) is 0 Å². The summed E-state index contributed by atoms with van der Waals surface area (Å²) in [6, 6.07) is 5.74. The molecule has 2 heterocycles. The zero-order chi connectivity index (χ0) is 16.4. The first-order valence-corrected chi connectivity index (χ1v) is 8.31. The van der Waals surface area contributed by atoms with Crippen LogP contribution in [0.5, 0.6) is 0 Å². The molecule has 2 fully saturated rings. The average Bonchev–Trinajstić information content (AvgIpc) is 2.55. The maximum atomic E-state index is 13.8. The number of rotatable bonds is 3. The molecule has 6 heteroatoms. The normalized spacial score (nSPS) is 23.1. The maximum Gasteiger partial charge on any atom is 0.250 e. The second-order valence-electron chi connectivity index (χ2n) is 6.54. The van der Waals surface area contributed by atoms with E-state index in [2.05, 4.69) is 16.8 Å². The summed E-state index contributed by atoms with van der Waals surface area (Å²) in [5.41, 5.74) is 7.86. The minimum atomic E-state index is -0.836. The van der Waals surface area contributed by atoms with Crippen LogP contribution in [0.3, 0.4) is 0 Å². The zero-order valence-corrected chi connectivity index (χ0v) is 13.7. The molecule has 2 saturated heterocycles. The van der Waals surface area contributed by atoms with Crippen LogP contribution in [0, 0.1) is 0 Å². The van der Waals surface area contributed by atoms with Crippen molar-refractivity contribution in [3.05, 3.63) is 23.8 Å². The molecule has 1 aromatic carbocycles. The van der Waals surface area contributed by atoms with Crippen molar-refractivity contribution in [1.82, 2.24) is 4.90 Å². The van der Waals surface area contributed by atoms with Gasteiger partial charge in [-0.1, -0.05) is 0 Å². The number of nitrogens with zero attached hydrogens (tertiary/aromatic N) is 3. The number of amides is 1. The minimum absolute atomic E-state index is 0.340.